The van der Waals surface area contributed by atoms with Gasteiger partial charge in [-0.2, -0.15) is 0 Å². The maximum atomic E-state index is 11.6. The first-order valence-electron chi connectivity index (χ1n) is 6.45. The number of benzene rings is 1. The second kappa shape index (κ2) is 5.71. The highest BCUT2D eigenvalue weighted by atomic mass is 16.8. The molecule has 3 rings (SSSR count). The minimum Gasteiger partial charge on any atom is -0.467 e. The first kappa shape index (κ1) is 13.8. The quantitative estimate of drug-likeness (QED) is 0.766. The van der Waals surface area contributed by atoms with E-state index in [-0.39, 0.29) is 6.61 Å². The van der Waals surface area contributed by atoms with Gasteiger partial charge in [-0.05, 0) is 5.56 Å². The van der Waals surface area contributed by atoms with Crippen molar-refractivity contribution < 1.29 is 33.3 Å². The molecule has 7 nitrogen and oxygen atoms in total. The number of esters is 1. The average molecular weight is 294 g/mol. The van der Waals surface area contributed by atoms with Crippen molar-refractivity contribution in [3.63, 3.8) is 0 Å². The Morgan fingerprint density at radius 1 is 1.19 bits per heavy atom. The number of rotatable bonds is 4. The van der Waals surface area contributed by atoms with Crippen molar-refractivity contribution in [2.24, 2.45) is 0 Å². The van der Waals surface area contributed by atoms with Gasteiger partial charge in [-0.25, -0.2) is 9.59 Å². The maximum Gasteiger partial charge on any atom is 0.509 e. The zero-order chi connectivity index (χ0) is 14.8. The molecule has 1 aromatic rings. The molecule has 0 radical (unpaired) electrons. The molecule has 2 aliphatic heterocycles. The van der Waals surface area contributed by atoms with Crippen molar-refractivity contribution in [1.82, 2.24) is 0 Å². The van der Waals surface area contributed by atoms with Gasteiger partial charge in [0.05, 0.1) is 13.7 Å². The standard InChI is InChI=1S/C14H14O7/c1-17-12(15)10-9-11(21-14(16)20-9)13(19-10)18-7-8-5-3-2-4-6-8/h2-6,9-11,13H,7H2,1H3/t9-,10+,11-,13-/m1/s1. The summed E-state index contributed by atoms with van der Waals surface area (Å²) in [6, 6.07) is 9.44. The molecular formula is C14H14O7. The van der Waals surface area contributed by atoms with Crippen molar-refractivity contribution in [2.45, 2.75) is 31.2 Å². The van der Waals surface area contributed by atoms with Gasteiger partial charge in [0.2, 0.25) is 0 Å². The summed E-state index contributed by atoms with van der Waals surface area (Å²) < 4.78 is 25.6. The SMILES string of the molecule is COC(=O)[C@H]1O[C@@H](OCc2ccccc2)[C@@H]2OC(=O)O[C@@H]21. The zero-order valence-electron chi connectivity index (χ0n) is 11.3. The smallest absolute Gasteiger partial charge is 0.467 e. The average Bonchev–Trinajstić information content (AvgIpc) is 3.03. The molecule has 0 unspecified atom stereocenters. The molecular weight excluding hydrogens is 280 g/mol. The number of hydrogen-bond acceptors (Lipinski definition) is 7. The molecule has 2 aliphatic rings. The number of carbonyl (C=O) groups excluding carboxylic acids is 2. The molecule has 0 bridgehead atoms. The maximum absolute atomic E-state index is 11.6. The summed E-state index contributed by atoms with van der Waals surface area (Å²) in [6.07, 6.45) is -4.36. The minimum atomic E-state index is -1.03. The van der Waals surface area contributed by atoms with Crippen LogP contribution in [0.1, 0.15) is 5.56 Å². The lowest BCUT2D eigenvalue weighted by atomic mass is 10.1. The fourth-order valence-corrected chi connectivity index (χ4v) is 2.32. The van der Waals surface area contributed by atoms with Gasteiger partial charge < -0.3 is 23.7 Å². The zero-order valence-corrected chi connectivity index (χ0v) is 11.3. The molecule has 0 aliphatic carbocycles. The number of carbonyl (C=O) groups is 2. The van der Waals surface area contributed by atoms with Crippen LogP contribution in [0.5, 0.6) is 0 Å². The van der Waals surface area contributed by atoms with Crippen LogP contribution in [0, 0.1) is 0 Å². The molecule has 112 valence electrons. The van der Waals surface area contributed by atoms with Gasteiger partial charge in [0.1, 0.15) is 0 Å². The predicted octanol–water partition coefficient (Wildman–Crippen LogP) is 1.01. The lowest BCUT2D eigenvalue weighted by molar-refractivity contribution is -0.189. The van der Waals surface area contributed by atoms with Crippen LogP contribution < -0.4 is 0 Å². The van der Waals surface area contributed by atoms with E-state index in [1.807, 2.05) is 30.3 Å². The van der Waals surface area contributed by atoms with Crippen LogP contribution in [0.3, 0.4) is 0 Å². The van der Waals surface area contributed by atoms with E-state index in [9.17, 15) is 9.59 Å². The summed E-state index contributed by atoms with van der Waals surface area (Å²) in [4.78, 5) is 22.9. The van der Waals surface area contributed by atoms with Gasteiger partial charge >= 0.3 is 12.1 Å². The van der Waals surface area contributed by atoms with E-state index < -0.39 is 36.7 Å². The predicted molar refractivity (Wildman–Crippen MR) is 67.1 cm³/mol. The molecule has 0 N–H and O–H groups in total. The Morgan fingerprint density at radius 2 is 1.90 bits per heavy atom. The lowest BCUT2D eigenvalue weighted by Gasteiger charge is -2.16. The molecule has 21 heavy (non-hydrogen) atoms. The highest BCUT2D eigenvalue weighted by molar-refractivity contribution is 5.77. The van der Waals surface area contributed by atoms with Crippen LogP contribution >= 0.6 is 0 Å². The van der Waals surface area contributed by atoms with Gasteiger partial charge in [0.25, 0.3) is 0 Å². The summed E-state index contributed by atoms with van der Waals surface area (Å²) in [5.41, 5.74) is 0.935. The van der Waals surface area contributed by atoms with Crippen molar-refractivity contribution in [3.05, 3.63) is 35.9 Å². The summed E-state index contributed by atoms with van der Waals surface area (Å²) in [6.45, 7) is 0.264. The monoisotopic (exact) mass is 294 g/mol. The van der Waals surface area contributed by atoms with Gasteiger partial charge in [0, 0.05) is 0 Å². The minimum absolute atomic E-state index is 0.264. The molecule has 0 amide bonds. The molecule has 4 atom stereocenters. The van der Waals surface area contributed by atoms with Crippen LogP contribution in [0.25, 0.3) is 0 Å². The Hall–Kier alpha value is -2.12. The number of hydrogen-bond donors (Lipinski definition) is 0. The third-order valence-electron chi connectivity index (χ3n) is 3.33. The Morgan fingerprint density at radius 3 is 2.62 bits per heavy atom. The number of methoxy groups -OCH3 is 1. The van der Waals surface area contributed by atoms with Crippen LogP contribution in [-0.2, 0) is 35.1 Å². The van der Waals surface area contributed by atoms with E-state index >= 15 is 0 Å². The summed E-state index contributed by atoms with van der Waals surface area (Å²) in [5, 5.41) is 0. The Balaban J connectivity index is 1.68. The topological polar surface area (TPSA) is 80.3 Å². The van der Waals surface area contributed by atoms with Crippen LogP contribution in [-0.4, -0.2) is 43.8 Å². The molecule has 2 fully saturated rings. The highest BCUT2D eigenvalue weighted by Crippen LogP contribution is 2.33. The molecule has 1 aromatic carbocycles. The normalized spacial score (nSPS) is 30.4. The molecule has 0 spiro atoms. The Labute approximate surface area is 120 Å². The lowest BCUT2D eigenvalue weighted by Crippen LogP contribution is -2.35. The van der Waals surface area contributed by atoms with Gasteiger partial charge in [-0.3, -0.25) is 0 Å². The Kier molecular flexibility index (Phi) is 3.76. The molecule has 2 saturated heterocycles. The van der Waals surface area contributed by atoms with Crippen molar-refractivity contribution in [1.29, 1.82) is 0 Å². The van der Waals surface area contributed by atoms with E-state index in [2.05, 4.69) is 4.74 Å². The fraction of sp³-hybridized carbons (Fsp3) is 0.429. The molecule has 2 heterocycles. The molecule has 0 aromatic heterocycles. The highest BCUT2D eigenvalue weighted by Gasteiger charge is 2.58. The summed E-state index contributed by atoms with van der Waals surface area (Å²) in [7, 11) is 1.23. The van der Waals surface area contributed by atoms with E-state index in [0.717, 1.165) is 5.56 Å². The van der Waals surface area contributed by atoms with E-state index in [0.29, 0.717) is 0 Å². The number of ether oxygens (including phenoxy) is 5. The molecule has 0 saturated carbocycles. The van der Waals surface area contributed by atoms with Crippen molar-refractivity contribution in [3.8, 4) is 0 Å². The third kappa shape index (κ3) is 2.70. The largest absolute Gasteiger partial charge is 0.509 e. The van der Waals surface area contributed by atoms with E-state index in [4.69, 9.17) is 18.9 Å². The summed E-state index contributed by atoms with van der Waals surface area (Å²) in [5.74, 6) is -0.630. The fourth-order valence-electron chi connectivity index (χ4n) is 2.32. The number of fused-ring (bicyclic) bond motifs is 1. The first-order valence-corrected chi connectivity index (χ1v) is 6.45. The van der Waals surface area contributed by atoms with E-state index in [1.54, 1.807) is 0 Å². The van der Waals surface area contributed by atoms with Crippen LogP contribution in [0.4, 0.5) is 4.79 Å². The van der Waals surface area contributed by atoms with Crippen molar-refractivity contribution >= 4 is 12.1 Å². The first-order chi connectivity index (χ1) is 10.2. The van der Waals surface area contributed by atoms with Gasteiger partial charge in [-0.15, -0.1) is 0 Å². The van der Waals surface area contributed by atoms with Crippen LogP contribution in [0.2, 0.25) is 0 Å². The molecule has 7 heteroatoms. The third-order valence-corrected chi connectivity index (χ3v) is 3.33. The summed E-state index contributed by atoms with van der Waals surface area (Å²) >= 11 is 0. The van der Waals surface area contributed by atoms with E-state index in [1.165, 1.54) is 7.11 Å². The second-order valence-electron chi connectivity index (χ2n) is 4.66. The van der Waals surface area contributed by atoms with Gasteiger partial charge in [-0.1, -0.05) is 30.3 Å². The Bertz CT molecular complexity index is 529. The second-order valence-corrected chi connectivity index (χ2v) is 4.66. The van der Waals surface area contributed by atoms with Gasteiger partial charge in [0.15, 0.2) is 24.6 Å². The van der Waals surface area contributed by atoms with Crippen molar-refractivity contribution in [2.75, 3.05) is 7.11 Å². The van der Waals surface area contributed by atoms with Crippen LogP contribution in [0.15, 0.2) is 30.3 Å².